The Morgan fingerprint density at radius 2 is 1.97 bits per heavy atom. The fourth-order valence-electron chi connectivity index (χ4n) is 3.64. The van der Waals surface area contributed by atoms with Crippen LogP contribution < -0.4 is 9.47 Å². The summed E-state index contributed by atoms with van der Waals surface area (Å²) >= 11 is 5.64. The van der Waals surface area contributed by atoms with Crippen LogP contribution >= 0.6 is 11.8 Å². The number of aliphatic hydroxyl groups excluding tert-OH is 1. The number of alkyl halides is 2. The summed E-state index contributed by atoms with van der Waals surface area (Å²) < 4.78 is 37.3. The quantitative estimate of drug-likeness (QED) is 0.430. The van der Waals surface area contributed by atoms with Gasteiger partial charge in [-0.2, -0.15) is 0 Å². The first-order chi connectivity index (χ1) is 15.7. The third-order valence-electron chi connectivity index (χ3n) is 5.20. The smallest absolute Gasteiger partial charge is 0.395 e. The molecule has 1 aromatic carbocycles. The highest BCUT2D eigenvalue weighted by atomic mass is 35.5. The summed E-state index contributed by atoms with van der Waals surface area (Å²) in [6.07, 6.45) is 0.932. The Hall–Kier alpha value is -3.76. The number of nitrogens with one attached hydrogen (secondary N) is 1. The first kappa shape index (κ1) is 21.1. The molecule has 0 saturated heterocycles. The molecule has 0 radical (unpaired) electrons. The zero-order valence-corrected chi connectivity index (χ0v) is 17.7. The van der Waals surface area contributed by atoms with Crippen LogP contribution in [0.5, 0.6) is 11.5 Å². The third-order valence-corrected chi connectivity index (χ3v) is 5.36. The molecule has 0 fully saturated rings. The van der Waals surface area contributed by atoms with Gasteiger partial charge in [-0.1, -0.05) is 12.1 Å². The lowest BCUT2D eigenvalue weighted by atomic mass is 10.0. The number of H-pyrrole nitrogens is 1. The van der Waals surface area contributed by atoms with E-state index in [4.69, 9.17) is 16.5 Å². The molecular formula is C22H15ClF2N4O4. The van der Waals surface area contributed by atoms with E-state index in [2.05, 4.69) is 19.7 Å². The number of hydrogen-bond donors (Lipinski definition) is 2. The van der Waals surface area contributed by atoms with Crippen LogP contribution in [0.4, 0.5) is 8.78 Å². The number of para-hydroxylation sites is 1. The molecule has 168 valence electrons. The maximum Gasteiger partial charge on any atom is 0.586 e. The van der Waals surface area contributed by atoms with Gasteiger partial charge in [0, 0.05) is 76.8 Å². The molecule has 0 spiro atoms. The van der Waals surface area contributed by atoms with Crippen LogP contribution in [0.25, 0.3) is 33.3 Å². The fraction of sp³-hybridized carbons (Fsp3) is 0.136. The Morgan fingerprint density at radius 3 is 2.76 bits per heavy atom. The van der Waals surface area contributed by atoms with E-state index in [0.717, 1.165) is 4.42 Å². The van der Waals surface area contributed by atoms with Gasteiger partial charge in [0.2, 0.25) is 0 Å². The number of likely N-dealkylation sites (N-methyl/N-ethyl adjacent to an activating group) is 1. The molecule has 5 rings (SSSR count). The number of nitrogens with zero attached hydrogens (tertiary/aromatic N) is 3. The van der Waals surface area contributed by atoms with Gasteiger partial charge in [0.05, 0.1) is 0 Å². The second kappa shape index (κ2) is 7.68. The van der Waals surface area contributed by atoms with Gasteiger partial charge in [-0.25, -0.2) is 4.98 Å². The van der Waals surface area contributed by atoms with Crippen molar-refractivity contribution in [3.8, 4) is 33.8 Å². The van der Waals surface area contributed by atoms with Crippen LogP contribution in [0, 0.1) is 0 Å². The lowest BCUT2D eigenvalue weighted by Crippen LogP contribution is -2.26. The number of aliphatic hydroxyl groups is 1. The summed E-state index contributed by atoms with van der Waals surface area (Å²) in [7, 11) is 1.32. The third kappa shape index (κ3) is 3.73. The van der Waals surface area contributed by atoms with Crippen molar-refractivity contribution >= 4 is 28.7 Å². The summed E-state index contributed by atoms with van der Waals surface area (Å²) in [5.74, 6) is -0.825. The minimum Gasteiger partial charge on any atom is -0.395 e. The molecule has 8 nitrogen and oxygen atoms in total. The van der Waals surface area contributed by atoms with E-state index >= 15 is 0 Å². The highest BCUT2D eigenvalue weighted by Crippen LogP contribution is 2.48. The van der Waals surface area contributed by atoms with Crippen molar-refractivity contribution in [1.82, 2.24) is 19.4 Å². The normalized spacial score (nSPS) is 14.9. The number of hydrogen-bond acceptors (Lipinski definition) is 6. The number of carbonyl (C=O) groups is 1. The number of aromatic amines is 1. The van der Waals surface area contributed by atoms with E-state index in [9.17, 15) is 18.7 Å². The molecule has 1 aliphatic heterocycles. The molecule has 2 N–H and O–H groups in total. The van der Waals surface area contributed by atoms with Crippen LogP contribution in [0.15, 0.2) is 55.1 Å². The van der Waals surface area contributed by atoms with Crippen molar-refractivity contribution in [2.45, 2.75) is 12.4 Å². The monoisotopic (exact) mass is 472 g/mol. The predicted molar refractivity (Wildman–Crippen MR) is 115 cm³/mol. The minimum absolute atomic E-state index is 0.0595. The van der Waals surface area contributed by atoms with E-state index in [0.29, 0.717) is 33.3 Å². The highest BCUT2D eigenvalue weighted by Gasteiger charge is 2.44. The van der Waals surface area contributed by atoms with Gasteiger partial charge < -0.3 is 19.6 Å². The molecule has 4 heterocycles. The number of aromatic nitrogens is 3. The molecule has 0 saturated carbocycles. The Balaban J connectivity index is 1.57. The largest absolute Gasteiger partial charge is 0.586 e. The first-order valence-corrected chi connectivity index (χ1v) is 10.0. The fourth-order valence-corrected chi connectivity index (χ4v) is 3.73. The maximum atomic E-state index is 13.6. The summed E-state index contributed by atoms with van der Waals surface area (Å²) in [6.45, 7) is 0. The number of carbonyl (C=O) groups excluding carboxylic acids is 1. The summed E-state index contributed by atoms with van der Waals surface area (Å²) in [6, 6.07) is 8.04. The average molecular weight is 473 g/mol. The SMILES string of the molecule is CN(Cl)C(=O)C(O)c1cncc(-c2cnc3[nH]cc(-c4cccc5c4OC(F)(F)O5)c3c2)c1. The Kier molecular flexibility index (Phi) is 4.91. The molecule has 1 atom stereocenters. The van der Waals surface area contributed by atoms with Crippen LogP contribution in [0.1, 0.15) is 11.7 Å². The molecule has 4 aromatic rings. The van der Waals surface area contributed by atoms with Crippen LogP contribution in [-0.2, 0) is 4.79 Å². The highest BCUT2D eigenvalue weighted by molar-refractivity contribution is 6.21. The predicted octanol–water partition coefficient (Wildman–Crippen LogP) is 4.26. The number of ether oxygens (including phenoxy) is 2. The van der Waals surface area contributed by atoms with Crippen molar-refractivity contribution in [2.24, 2.45) is 0 Å². The Morgan fingerprint density at radius 1 is 1.18 bits per heavy atom. The molecule has 11 heteroatoms. The minimum atomic E-state index is -3.74. The first-order valence-electron chi connectivity index (χ1n) is 9.66. The lowest BCUT2D eigenvalue weighted by Gasteiger charge is -2.14. The van der Waals surface area contributed by atoms with Crippen molar-refractivity contribution in [3.63, 3.8) is 0 Å². The summed E-state index contributed by atoms with van der Waals surface area (Å²) in [5.41, 5.74) is 3.00. The van der Waals surface area contributed by atoms with Gasteiger partial charge in [-0.05, 0) is 18.2 Å². The van der Waals surface area contributed by atoms with Gasteiger partial charge in [-0.15, -0.1) is 8.78 Å². The molecule has 33 heavy (non-hydrogen) atoms. The molecule has 1 aliphatic rings. The Labute approximate surface area is 190 Å². The van der Waals surface area contributed by atoms with Crippen molar-refractivity contribution in [1.29, 1.82) is 0 Å². The second-order valence-corrected chi connectivity index (χ2v) is 7.85. The van der Waals surface area contributed by atoms with Gasteiger partial charge >= 0.3 is 6.29 Å². The molecule has 0 bridgehead atoms. The number of pyridine rings is 2. The summed E-state index contributed by atoms with van der Waals surface area (Å²) in [5, 5.41) is 10.9. The second-order valence-electron chi connectivity index (χ2n) is 7.35. The zero-order chi connectivity index (χ0) is 23.3. The van der Waals surface area contributed by atoms with Gasteiger partial charge in [0.15, 0.2) is 17.6 Å². The average Bonchev–Trinajstić information content (AvgIpc) is 3.36. The number of benzene rings is 1. The van der Waals surface area contributed by atoms with Crippen LogP contribution in [0.2, 0.25) is 0 Å². The molecule has 1 unspecified atom stereocenters. The standard InChI is InChI=1S/C22H15ClF2N4O4/c1-29(23)21(31)18(30)13-5-11(7-26-8-13)12-6-15-16(10-28-20(15)27-9-12)14-3-2-4-17-19(14)33-22(24,25)32-17/h2-10,18,30H,1H3,(H,27,28). The zero-order valence-electron chi connectivity index (χ0n) is 16.9. The molecule has 3 aromatic heterocycles. The van der Waals surface area contributed by atoms with Crippen molar-refractivity contribution in [2.75, 3.05) is 7.05 Å². The van der Waals surface area contributed by atoms with E-state index in [-0.39, 0.29) is 17.1 Å². The van der Waals surface area contributed by atoms with Crippen molar-refractivity contribution < 1.29 is 28.2 Å². The Bertz CT molecular complexity index is 1390. The van der Waals surface area contributed by atoms with Gasteiger partial charge in [0.25, 0.3) is 5.91 Å². The number of amides is 1. The number of rotatable bonds is 4. The van der Waals surface area contributed by atoms with E-state index in [1.54, 1.807) is 42.9 Å². The van der Waals surface area contributed by atoms with E-state index in [1.165, 1.54) is 19.3 Å². The van der Waals surface area contributed by atoms with E-state index < -0.39 is 18.3 Å². The summed E-state index contributed by atoms with van der Waals surface area (Å²) in [4.78, 5) is 23.5. The van der Waals surface area contributed by atoms with Crippen molar-refractivity contribution in [3.05, 3.63) is 60.7 Å². The number of halogens is 3. The maximum absolute atomic E-state index is 13.6. The topological polar surface area (TPSA) is 101 Å². The van der Waals surface area contributed by atoms with Gasteiger partial charge in [0.1, 0.15) is 5.65 Å². The molecule has 0 aliphatic carbocycles. The van der Waals surface area contributed by atoms with Crippen LogP contribution in [0.3, 0.4) is 0 Å². The van der Waals surface area contributed by atoms with Gasteiger partial charge in [-0.3, -0.25) is 14.2 Å². The number of fused-ring (bicyclic) bond motifs is 2. The lowest BCUT2D eigenvalue weighted by molar-refractivity contribution is -0.286. The molecular weight excluding hydrogens is 458 g/mol. The molecule has 1 amide bonds. The van der Waals surface area contributed by atoms with Crippen LogP contribution in [-0.4, -0.2) is 43.7 Å². The van der Waals surface area contributed by atoms with E-state index in [1.807, 2.05) is 0 Å².